The van der Waals surface area contributed by atoms with Gasteiger partial charge in [-0.15, -0.1) is 0 Å². The first kappa shape index (κ1) is 28.9. The lowest BCUT2D eigenvalue weighted by Crippen LogP contribution is -2.31. The van der Waals surface area contributed by atoms with E-state index in [0.29, 0.717) is 5.82 Å². The summed E-state index contributed by atoms with van der Waals surface area (Å²) >= 11 is 1.86. The third kappa shape index (κ3) is 4.37. The molecule has 0 bridgehead atoms. The lowest BCUT2D eigenvalue weighted by Gasteiger charge is -2.39. The molecule has 1 aliphatic heterocycles. The van der Waals surface area contributed by atoms with Gasteiger partial charge >= 0.3 is 0 Å². The van der Waals surface area contributed by atoms with Crippen molar-refractivity contribution in [2.75, 3.05) is 0 Å². The van der Waals surface area contributed by atoms with Crippen LogP contribution in [0.1, 0.15) is 22.3 Å². The smallest absolute Gasteiger partial charge is 0.160 e. The predicted octanol–water partition coefficient (Wildman–Crippen LogP) is 12.0. The number of benzene rings is 7. The van der Waals surface area contributed by atoms with Crippen molar-refractivity contribution in [2.45, 2.75) is 15.2 Å². The molecule has 0 unspecified atom stereocenters. The third-order valence-electron chi connectivity index (χ3n) is 10.2. The van der Waals surface area contributed by atoms with E-state index in [0.717, 1.165) is 39.2 Å². The second-order valence-corrected chi connectivity index (χ2v) is 14.0. The van der Waals surface area contributed by atoms with Crippen LogP contribution in [-0.2, 0) is 5.41 Å². The zero-order valence-corrected chi connectivity index (χ0v) is 27.9. The average Bonchev–Trinajstić information content (AvgIpc) is 3.49. The molecular formula is C47H30N2S. The summed E-state index contributed by atoms with van der Waals surface area (Å²) in [7, 11) is 0. The molecule has 0 atom stereocenters. The van der Waals surface area contributed by atoms with Gasteiger partial charge in [0.15, 0.2) is 5.82 Å². The fourth-order valence-electron chi connectivity index (χ4n) is 8.05. The Morgan fingerprint density at radius 2 is 0.860 bits per heavy atom. The summed E-state index contributed by atoms with van der Waals surface area (Å²) < 4.78 is 0. The molecular weight excluding hydrogens is 625 g/mol. The van der Waals surface area contributed by atoms with Crippen LogP contribution in [0.4, 0.5) is 0 Å². The molecule has 0 amide bonds. The SMILES string of the molecule is c1ccc(-c2nc(-c3ccc4c(c3)Sc3ccccc3C43c4ccccc4-c4ccccc43)cc(-c3ccccc3-c3ccccc3)n2)cc1. The monoisotopic (exact) mass is 654 g/mol. The zero-order chi connectivity index (χ0) is 33.1. The molecule has 8 aromatic rings. The summed E-state index contributed by atoms with van der Waals surface area (Å²) in [6.45, 7) is 0. The van der Waals surface area contributed by atoms with Crippen LogP contribution in [-0.4, -0.2) is 9.97 Å². The highest BCUT2D eigenvalue weighted by molar-refractivity contribution is 7.99. The van der Waals surface area contributed by atoms with Gasteiger partial charge in [-0.3, -0.25) is 0 Å². The van der Waals surface area contributed by atoms with E-state index in [9.17, 15) is 0 Å². The van der Waals surface area contributed by atoms with Gasteiger partial charge in [0.25, 0.3) is 0 Å². The van der Waals surface area contributed by atoms with Gasteiger partial charge in [0.2, 0.25) is 0 Å². The van der Waals surface area contributed by atoms with Gasteiger partial charge < -0.3 is 0 Å². The van der Waals surface area contributed by atoms with E-state index in [1.165, 1.54) is 43.2 Å². The van der Waals surface area contributed by atoms with E-state index in [2.05, 4.69) is 164 Å². The minimum Gasteiger partial charge on any atom is -0.228 e. The minimum absolute atomic E-state index is 0.399. The van der Waals surface area contributed by atoms with Crippen LogP contribution in [0.2, 0.25) is 0 Å². The lowest BCUT2D eigenvalue weighted by molar-refractivity contribution is 0.722. The normalized spacial score (nSPS) is 13.3. The molecule has 2 aliphatic rings. The Morgan fingerprint density at radius 3 is 1.56 bits per heavy atom. The van der Waals surface area contributed by atoms with Crippen LogP contribution in [0.5, 0.6) is 0 Å². The first-order valence-electron chi connectivity index (χ1n) is 17.0. The van der Waals surface area contributed by atoms with E-state index in [1.807, 2.05) is 30.0 Å². The summed E-state index contributed by atoms with van der Waals surface area (Å²) in [5.74, 6) is 0.715. The van der Waals surface area contributed by atoms with Crippen LogP contribution >= 0.6 is 11.8 Å². The minimum atomic E-state index is -0.399. The van der Waals surface area contributed by atoms with Crippen molar-refractivity contribution in [3.63, 3.8) is 0 Å². The highest BCUT2D eigenvalue weighted by Gasteiger charge is 2.50. The molecule has 1 spiro atoms. The molecule has 2 nitrogen and oxygen atoms in total. The van der Waals surface area contributed by atoms with Crippen molar-refractivity contribution >= 4 is 11.8 Å². The summed E-state index contributed by atoms with van der Waals surface area (Å²) in [6, 6.07) is 65.4. The maximum atomic E-state index is 5.24. The standard InChI is InChI=1S/C47H30N2S/c1-3-15-31(16-4-1)34-19-7-8-22-37(34)43-30-42(48-46(49-43)32-17-5-2-6-18-32)33-27-28-41-45(29-33)50-44-26-14-13-25-40(44)47(41)38-23-11-9-20-35(38)36-21-10-12-24-39(36)47/h1-30H. The summed E-state index contributed by atoms with van der Waals surface area (Å²) in [6.07, 6.45) is 0. The molecule has 0 N–H and O–H groups in total. The fraction of sp³-hybridized carbons (Fsp3) is 0.0213. The molecule has 234 valence electrons. The highest BCUT2D eigenvalue weighted by Crippen LogP contribution is 2.62. The number of rotatable bonds is 4. The summed E-state index contributed by atoms with van der Waals surface area (Å²) in [5.41, 5.74) is 14.8. The second kappa shape index (κ2) is 11.5. The largest absolute Gasteiger partial charge is 0.228 e. The molecule has 0 saturated carbocycles. The van der Waals surface area contributed by atoms with Gasteiger partial charge in [-0.25, -0.2) is 9.97 Å². The summed E-state index contributed by atoms with van der Waals surface area (Å²) in [4.78, 5) is 13.0. The Hall–Kier alpha value is -6.03. The fourth-order valence-corrected chi connectivity index (χ4v) is 9.28. The molecule has 7 aromatic carbocycles. The molecule has 10 rings (SSSR count). The molecule has 0 saturated heterocycles. The van der Waals surface area contributed by atoms with Gasteiger partial charge in [0.05, 0.1) is 16.8 Å². The zero-order valence-electron chi connectivity index (χ0n) is 27.1. The lowest BCUT2D eigenvalue weighted by atomic mass is 9.67. The van der Waals surface area contributed by atoms with Gasteiger partial charge in [0.1, 0.15) is 0 Å². The molecule has 50 heavy (non-hydrogen) atoms. The van der Waals surface area contributed by atoms with Gasteiger partial charge in [-0.05, 0) is 62.7 Å². The van der Waals surface area contributed by atoms with Crippen molar-refractivity contribution in [1.29, 1.82) is 0 Å². The predicted molar refractivity (Wildman–Crippen MR) is 205 cm³/mol. The summed E-state index contributed by atoms with van der Waals surface area (Å²) in [5, 5.41) is 0. The third-order valence-corrected chi connectivity index (χ3v) is 11.3. The first-order chi connectivity index (χ1) is 24.8. The number of fused-ring (bicyclic) bond motifs is 9. The maximum absolute atomic E-state index is 5.24. The van der Waals surface area contributed by atoms with Crippen LogP contribution in [0.15, 0.2) is 192 Å². The van der Waals surface area contributed by atoms with Crippen molar-refractivity contribution < 1.29 is 0 Å². The van der Waals surface area contributed by atoms with Crippen LogP contribution < -0.4 is 0 Å². The van der Waals surface area contributed by atoms with Crippen molar-refractivity contribution in [2.24, 2.45) is 0 Å². The van der Waals surface area contributed by atoms with Crippen molar-refractivity contribution in [1.82, 2.24) is 9.97 Å². The van der Waals surface area contributed by atoms with Gasteiger partial charge in [0, 0.05) is 26.5 Å². The van der Waals surface area contributed by atoms with E-state index >= 15 is 0 Å². The topological polar surface area (TPSA) is 25.8 Å². The number of nitrogens with zero attached hydrogens (tertiary/aromatic N) is 2. The Labute approximate surface area is 296 Å². The second-order valence-electron chi connectivity index (χ2n) is 12.9. The van der Waals surface area contributed by atoms with E-state index in [1.54, 1.807) is 0 Å². The number of aromatic nitrogens is 2. The van der Waals surface area contributed by atoms with Gasteiger partial charge in [-0.2, -0.15) is 0 Å². The molecule has 1 aliphatic carbocycles. The Balaban J connectivity index is 1.20. The number of hydrogen-bond donors (Lipinski definition) is 0. The van der Waals surface area contributed by atoms with E-state index in [4.69, 9.17) is 9.97 Å². The van der Waals surface area contributed by atoms with Gasteiger partial charge in [-0.1, -0.05) is 176 Å². The molecule has 2 heterocycles. The Morgan fingerprint density at radius 1 is 0.340 bits per heavy atom. The number of hydrogen-bond acceptors (Lipinski definition) is 3. The molecule has 0 fully saturated rings. The Kier molecular flexibility index (Phi) is 6.68. The first-order valence-corrected chi connectivity index (χ1v) is 17.8. The molecule has 1 aromatic heterocycles. The van der Waals surface area contributed by atoms with Crippen LogP contribution in [0.3, 0.4) is 0 Å². The van der Waals surface area contributed by atoms with E-state index < -0.39 is 5.41 Å². The molecule has 3 heteroatoms. The highest BCUT2D eigenvalue weighted by atomic mass is 32.2. The van der Waals surface area contributed by atoms with Crippen molar-refractivity contribution in [3.8, 4) is 56.2 Å². The van der Waals surface area contributed by atoms with Crippen molar-refractivity contribution in [3.05, 3.63) is 204 Å². The maximum Gasteiger partial charge on any atom is 0.160 e. The average molecular weight is 655 g/mol. The Bertz CT molecular complexity index is 2530. The van der Waals surface area contributed by atoms with E-state index in [-0.39, 0.29) is 0 Å². The molecule has 0 radical (unpaired) electrons. The quantitative estimate of drug-likeness (QED) is 0.189. The van der Waals surface area contributed by atoms with Crippen LogP contribution in [0, 0.1) is 0 Å². The van der Waals surface area contributed by atoms with Crippen LogP contribution in [0.25, 0.3) is 56.2 Å².